The van der Waals surface area contributed by atoms with Crippen LogP contribution in [0.2, 0.25) is 0 Å². The predicted octanol–water partition coefficient (Wildman–Crippen LogP) is 1.21. The Morgan fingerprint density at radius 2 is 2.33 bits per heavy atom. The van der Waals surface area contributed by atoms with Crippen LogP contribution in [0.25, 0.3) is 0 Å². The van der Waals surface area contributed by atoms with Crippen molar-refractivity contribution < 1.29 is 4.79 Å². The highest BCUT2D eigenvalue weighted by molar-refractivity contribution is 5.99. The number of allylic oxidation sites excluding steroid dienone is 3. The van der Waals surface area contributed by atoms with E-state index in [0.717, 1.165) is 0 Å². The van der Waals surface area contributed by atoms with Gasteiger partial charge in [-0.3, -0.25) is 4.79 Å². The smallest absolute Gasteiger partial charge is 0.179 e. The van der Waals surface area contributed by atoms with Crippen molar-refractivity contribution >= 4 is 5.78 Å². The second-order valence-electron chi connectivity index (χ2n) is 1.55. The monoisotopic (exact) mass is 121 g/mol. The second kappa shape index (κ2) is 3.62. The van der Waals surface area contributed by atoms with Crippen molar-refractivity contribution in [3.8, 4) is 6.07 Å². The van der Waals surface area contributed by atoms with Gasteiger partial charge in [-0.15, -0.1) is 0 Å². The highest BCUT2D eigenvalue weighted by Crippen LogP contribution is 1.88. The highest BCUT2D eigenvalue weighted by Gasteiger charge is 1.88. The van der Waals surface area contributed by atoms with Gasteiger partial charge in [0.15, 0.2) is 5.78 Å². The summed E-state index contributed by atoms with van der Waals surface area (Å²) in [5.74, 6) is -0.228. The van der Waals surface area contributed by atoms with Crippen molar-refractivity contribution in [3.05, 3.63) is 24.3 Å². The summed E-state index contributed by atoms with van der Waals surface area (Å²) in [5, 5.41) is 8.17. The Hall–Kier alpha value is -1.36. The molecule has 0 aliphatic heterocycles. The molecule has 0 amide bonds. The van der Waals surface area contributed by atoms with Crippen LogP contribution < -0.4 is 0 Å². The number of ketones is 1. The van der Waals surface area contributed by atoms with Gasteiger partial charge < -0.3 is 0 Å². The van der Waals surface area contributed by atoms with Crippen molar-refractivity contribution in [2.24, 2.45) is 0 Å². The first kappa shape index (κ1) is 7.64. The quantitative estimate of drug-likeness (QED) is 0.407. The first-order valence-corrected chi connectivity index (χ1v) is 2.45. The summed E-state index contributed by atoms with van der Waals surface area (Å²) in [6.45, 7) is 4.82. The molecule has 0 spiro atoms. The zero-order valence-corrected chi connectivity index (χ0v) is 5.22. The molecule has 0 unspecified atom stereocenters. The number of carbonyl (C=O) groups excluding carboxylic acids is 1. The number of hydrogen-bond acceptors (Lipinski definition) is 2. The van der Waals surface area contributed by atoms with Crippen LogP contribution in [0.5, 0.6) is 0 Å². The average Bonchev–Trinajstić information content (AvgIpc) is 1.87. The lowest BCUT2D eigenvalue weighted by Gasteiger charge is -1.79. The van der Waals surface area contributed by atoms with Gasteiger partial charge in [-0.2, -0.15) is 5.26 Å². The van der Waals surface area contributed by atoms with Crippen molar-refractivity contribution in [2.45, 2.75) is 6.92 Å². The van der Waals surface area contributed by atoms with Gasteiger partial charge >= 0.3 is 0 Å². The van der Waals surface area contributed by atoms with Gasteiger partial charge in [0.1, 0.15) is 0 Å². The molecule has 0 atom stereocenters. The second-order valence-corrected chi connectivity index (χ2v) is 1.55. The van der Waals surface area contributed by atoms with E-state index in [1.807, 2.05) is 6.07 Å². The van der Waals surface area contributed by atoms with Crippen LogP contribution >= 0.6 is 0 Å². The van der Waals surface area contributed by atoms with Crippen LogP contribution in [-0.4, -0.2) is 5.78 Å². The molecule has 46 valence electrons. The number of nitriles is 1. The van der Waals surface area contributed by atoms with E-state index in [1.165, 1.54) is 12.2 Å². The number of nitrogens with zero attached hydrogens (tertiary/aromatic N) is 1. The van der Waals surface area contributed by atoms with Crippen LogP contribution in [0.3, 0.4) is 0 Å². The van der Waals surface area contributed by atoms with E-state index in [1.54, 1.807) is 6.92 Å². The fraction of sp³-hybridized carbons (Fsp3) is 0.143. The molecule has 0 bridgehead atoms. The Morgan fingerprint density at radius 3 is 2.67 bits per heavy atom. The largest absolute Gasteiger partial charge is 0.290 e. The molecule has 0 N–H and O–H groups in total. The molecule has 0 saturated heterocycles. The van der Waals surface area contributed by atoms with Crippen LogP contribution in [0.1, 0.15) is 6.92 Å². The first-order chi connectivity index (χ1) is 4.20. The van der Waals surface area contributed by atoms with Gasteiger partial charge in [-0.1, -0.05) is 6.58 Å². The molecule has 0 radical (unpaired) electrons. The van der Waals surface area contributed by atoms with Crippen molar-refractivity contribution in [1.29, 1.82) is 5.26 Å². The predicted molar refractivity (Wildman–Crippen MR) is 34.6 cm³/mol. The molecule has 0 aromatic heterocycles. The molecule has 2 heteroatoms. The number of carbonyl (C=O) groups is 1. The maximum atomic E-state index is 10.4. The minimum Gasteiger partial charge on any atom is -0.290 e. The Kier molecular flexibility index (Phi) is 3.07. The highest BCUT2D eigenvalue weighted by atomic mass is 16.1. The van der Waals surface area contributed by atoms with Crippen LogP contribution in [-0.2, 0) is 4.79 Å². The summed E-state index contributed by atoms with van der Waals surface area (Å²) >= 11 is 0. The van der Waals surface area contributed by atoms with Crippen LogP contribution in [0, 0.1) is 11.3 Å². The third-order valence-electron chi connectivity index (χ3n) is 0.736. The van der Waals surface area contributed by atoms with Gasteiger partial charge in [0.25, 0.3) is 0 Å². The number of hydrogen-bond donors (Lipinski definition) is 0. The molecule has 0 aromatic carbocycles. The van der Waals surface area contributed by atoms with Crippen LogP contribution in [0.15, 0.2) is 24.3 Å². The fourth-order valence-electron chi connectivity index (χ4n) is 0.305. The molecule has 0 fully saturated rings. The van der Waals surface area contributed by atoms with E-state index in [2.05, 4.69) is 6.58 Å². The Labute approximate surface area is 54.1 Å². The SMILES string of the molecule is C=CC(=O)C=C(C)C#N. The first-order valence-electron chi connectivity index (χ1n) is 2.45. The van der Waals surface area contributed by atoms with E-state index in [0.29, 0.717) is 5.57 Å². The summed E-state index contributed by atoms with van der Waals surface area (Å²) < 4.78 is 0. The Balaban J connectivity index is 4.16. The van der Waals surface area contributed by atoms with Gasteiger partial charge in [0.05, 0.1) is 6.07 Å². The molecule has 0 saturated carbocycles. The van der Waals surface area contributed by atoms with Crippen LogP contribution in [0.4, 0.5) is 0 Å². The third kappa shape index (κ3) is 3.24. The average molecular weight is 121 g/mol. The van der Waals surface area contributed by atoms with E-state index in [9.17, 15) is 4.79 Å². The van der Waals surface area contributed by atoms with E-state index in [-0.39, 0.29) is 5.78 Å². The Bertz CT molecular complexity index is 195. The van der Waals surface area contributed by atoms with Crippen molar-refractivity contribution in [1.82, 2.24) is 0 Å². The van der Waals surface area contributed by atoms with Gasteiger partial charge in [-0.05, 0) is 19.1 Å². The minimum atomic E-state index is -0.228. The molecular formula is C7H7NO. The van der Waals surface area contributed by atoms with E-state index < -0.39 is 0 Å². The van der Waals surface area contributed by atoms with Crippen molar-refractivity contribution in [2.75, 3.05) is 0 Å². The molecular weight excluding hydrogens is 114 g/mol. The Morgan fingerprint density at radius 1 is 1.78 bits per heavy atom. The molecule has 9 heavy (non-hydrogen) atoms. The number of rotatable bonds is 2. The lowest BCUT2D eigenvalue weighted by molar-refractivity contribution is -0.110. The minimum absolute atomic E-state index is 0.228. The van der Waals surface area contributed by atoms with Gasteiger partial charge in [0, 0.05) is 5.57 Å². The molecule has 2 nitrogen and oxygen atoms in total. The molecule has 0 rings (SSSR count). The van der Waals surface area contributed by atoms with E-state index in [4.69, 9.17) is 5.26 Å². The van der Waals surface area contributed by atoms with Crippen molar-refractivity contribution in [3.63, 3.8) is 0 Å². The van der Waals surface area contributed by atoms with Gasteiger partial charge in [0.2, 0.25) is 0 Å². The maximum absolute atomic E-state index is 10.4. The molecule has 0 aliphatic carbocycles. The topological polar surface area (TPSA) is 40.9 Å². The lowest BCUT2D eigenvalue weighted by Crippen LogP contribution is -1.84. The molecule has 0 aromatic rings. The molecule has 0 aliphatic rings. The lowest BCUT2D eigenvalue weighted by atomic mass is 10.2. The van der Waals surface area contributed by atoms with Gasteiger partial charge in [-0.25, -0.2) is 0 Å². The zero-order chi connectivity index (χ0) is 7.28. The normalized spacial score (nSPS) is 10.0. The van der Waals surface area contributed by atoms with E-state index >= 15 is 0 Å². The summed E-state index contributed by atoms with van der Waals surface area (Å²) in [6.07, 6.45) is 2.41. The summed E-state index contributed by atoms with van der Waals surface area (Å²) in [5.41, 5.74) is 0.403. The standard InChI is InChI=1S/C7H7NO/c1-3-7(9)4-6(2)5-8/h3-4H,1H2,2H3. The summed E-state index contributed by atoms with van der Waals surface area (Å²) in [7, 11) is 0. The summed E-state index contributed by atoms with van der Waals surface area (Å²) in [6, 6.07) is 1.82. The third-order valence-corrected chi connectivity index (χ3v) is 0.736. The summed E-state index contributed by atoms with van der Waals surface area (Å²) in [4.78, 5) is 10.4. The zero-order valence-electron chi connectivity index (χ0n) is 5.22. The maximum Gasteiger partial charge on any atom is 0.179 e. The fourth-order valence-corrected chi connectivity index (χ4v) is 0.305. The molecule has 0 heterocycles.